The number of benzene rings is 2. The lowest BCUT2D eigenvalue weighted by Crippen LogP contribution is -2.21. The van der Waals surface area contributed by atoms with Crippen molar-refractivity contribution in [2.24, 2.45) is 5.10 Å². The summed E-state index contributed by atoms with van der Waals surface area (Å²) in [6, 6.07) is 14.0. The second kappa shape index (κ2) is 6.84. The van der Waals surface area contributed by atoms with Crippen molar-refractivity contribution in [3.63, 3.8) is 0 Å². The Morgan fingerprint density at radius 2 is 1.85 bits per heavy atom. The molecule has 2 aromatic carbocycles. The summed E-state index contributed by atoms with van der Waals surface area (Å²) in [5.74, 6) is -1.32. The average Bonchev–Trinajstić information content (AvgIpc) is 2.90. The summed E-state index contributed by atoms with van der Waals surface area (Å²) in [6.07, 6.45) is 1.79. The monoisotopic (exact) mass is 349 g/mol. The number of carboxylic acids is 1. The van der Waals surface area contributed by atoms with Gasteiger partial charge < -0.3 is 10.0 Å². The van der Waals surface area contributed by atoms with Crippen LogP contribution < -0.4 is 9.91 Å². The zero-order chi connectivity index (χ0) is 18.8. The molecule has 1 aliphatic heterocycles. The Hall–Kier alpha value is -3.41. The number of amides is 1. The maximum atomic E-state index is 12.8. The topological polar surface area (TPSA) is 73.2 Å². The second-order valence-corrected chi connectivity index (χ2v) is 6.20. The van der Waals surface area contributed by atoms with Crippen molar-refractivity contribution in [3.8, 4) is 0 Å². The minimum absolute atomic E-state index is 0.111. The Labute approximate surface area is 151 Å². The highest BCUT2D eigenvalue weighted by atomic mass is 16.4. The Kier molecular flexibility index (Phi) is 4.58. The molecule has 2 aromatic rings. The van der Waals surface area contributed by atoms with E-state index in [1.807, 2.05) is 43.3 Å². The fourth-order valence-corrected chi connectivity index (χ4v) is 2.67. The lowest BCUT2D eigenvalue weighted by Gasteiger charge is -2.13. The van der Waals surface area contributed by atoms with Crippen molar-refractivity contribution in [2.45, 2.75) is 6.92 Å². The van der Waals surface area contributed by atoms with E-state index in [0.29, 0.717) is 17.0 Å². The first kappa shape index (κ1) is 17.4. The summed E-state index contributed by atoms with van der Waals surface area (Å²) in [5.41, 5.74) is 3.59. The van der Waals surface area contributed by atoms with Gasteiger partial charge in [0.2, 0.25) is 0 Å². The van der Waals surface area contributed by atoms with Gasteiger partial charge in [0, 0.05) is 19.8 Å². The third-order valence-corrected chi connectivity index (χ3v) is 4.12. The lowest BCUT2D eigenvalue weighted by molar-refractivity contribution is -0.114. The average molecular weight is 349 g/mol. The third-order valence-electron chi connectivity index (χ3n) is 4.12. The van der Waals surface area contributed by atoms with Gasteiger partial charge in [-0.2, -0.15) is 10.1 Å². The molecular formula is C20H19N3O3. The van der Waals surface area contributed by atoms with Crippen LogP contribution in [-0.2, 0) is 4.79 Å². The van der Waals surface area contributed by atoms with E-state index in [1.165, 1.54) is 17.1 Å². The smallest absolute Gasteiger partial charge is 0.335 e. The number of rotatable bonds is 4. The highest BCUT2D eigenvalue weighted by Crippen LogP contribution is 2.26. The van der Waals surface area contributed by atoms with Crippen LogP contribution in [0.1, 0.15) is 22.8 Å². The maximum Gasteiger partial charge on any atom is 0.335 e. The van der Waals surface area contributed by atoms with Crippen LogP contribution in [0.2, 0.25) is 0 Å². The van der Waals surface area contributed by atoms with E-state index in [1.54, 1.807) is 25.1 Å². The molecule has 6 heteroatoms. The Bertz CT molecular complexity index is 928. The highest BCUT2D eigenvalue weighted by Gasteiger charge is 2.29. The van der Waals surface area contributed by atoms with Gasteiger partial charge in [-0.15, -0.1) is 0 Å². The van der Waals surface area contributed by atoms with Crippen LogP contribution in [0.3, 0.4) is 0 Å². The van der Waals surface area contributed by atoms with E-state index in [2.05, 4.69) is 5.10 Å². The number of hydrogen-bond acceptors (Lipinski definition) is 4. The van der Waals surface area contributed by atoms with Crippen LogP contribution in [-0.4, -0.2) is 36.8 Å². The normalized spacial score (nSPS) is 15.3. The van der Waals surface area contributed by atoms with Crippen molar-refractivity contribution < 1.29 is 14.7 Å². The molecule has 1 N–H and O–H groups in total. The molecule has 0 spiro atoms. The summed E-state index contributed by atoms with van der Waals surface area (Å²) in [4.78, 5) is 25.9. The van der Waals surface area contributed by atoms with Crippen LogP contribution in [0.25, 0.3) is 6.08 Å². The Morgan fingerprint density at radius 3 is 2.46 bits per heavy atom. The molecule has 0 aliphatic carbocycles. The second-order valence-electron chi connectivity index (χ2n) is 6.20. The lowest BCUT2D eigenvalue weighted by atomic mass is 10.1. The van der Waals surface area contributed by atoms with Crippen LogP contribution in [0.5, 0.6) is 0 Å². The number of carbonyl (C=O) groups excluding carboxylic acids is 1. The molecule has 0 aromatic heterocycles. The first-order chi connectivity index (χ1) is 12.4. The van der Waals surface area contributed by atoms with E-state index < -0.39 is 5.97 Å². The maximum absolute atomic E-state index is 12.8. The molecule has 0 saturated carbocycles. The fraction of sp³-hybridized carbons (Fsp3) is 0.150. The highest BCUT2D eigenvalue weighted by molar-refractivity contribution is 6.32. The predicted octanol–water partition coefficient (Wildman–Crippen LogP) is 3.26. The minimum Gasteiger partial charge on any atom is -0.478 e. The molecule has 0 unspecified atom stereocenters. The molecule has 132 valence electrons. The molecule has 0 atom stereocenters. The molecule has 0 fully saturated rings. The molecule has 26 heavy (non-hydrogen) atoms. The SMILES string of the molecule is CC1=NN(c2cccc(C(=O)O)c2)C(=O)/C1=C\c1ccc(N(C)C)cc1. The number of carbonyl (C=O) groups is 2. The van der Waals surface area contributed by atoms with E-state index in [4.69, 9.17) is 5.11 Å². The van der Waals surface area contributed by atoms with Crippen LogP contribution in [0, 0.1) is 0 Å². The summed E-state index contributed by atoms with van der Waals surface area (Å²) in [5, 5.41) is 14.7. The van der Waals surface area contributed by atoms with Crippen LogP contribution >= 0.6 is 0 Å². The number of hydrazone groups is 1. The predicted molar refractivity (Wildman–Crippen MR) is 103 cm³/mol. The summed E-state index contributed by atoms with van der Waals surface area (Å²) >= 11 is 0. The van der Waals surface area contributed by atoms with Gasteiger partial charge in [-0.05, 0) is 48.9 Å². The molecule has 0 radical (unpaired) electrons. The first-order valence-electron chi connectivity index (χ1n) is 8.09. The van der Waals surface area contributed by atoms with Gasteiger partial charge >= 0.3 is 5.97 Å². The van der Waals surface area contributed by atoms with E-state index in [9.17, 15) is 9.59 Å². The van der Waals surface area contributed by atoms with Gasteiger partial charge in [-0.25, -0.2) is 4.79 Å². The zero-order valence-corrected chi connectivity index (χ0v) is 14.8. The molecule has 0 bridgehead atoms. The van der Waals surface area contributed by atoms with Gasteiger partial charge in [0.25, 0.3) is 5.91 Å². The largest absolute Gasteiger partial charge is 0.478 e. The van der Waals surface area contributed by atoms with Gasteiger partial charge in [0.15, 0.2) is 0 Å². The number of carboxylic acid groups (broad SMARTS) is 1. The number of hydrogen-bond donors (Lipinski definition) is 1. The van der Waals surface area contributed by atoms with Gasteiger partial charge in [-0.3, -0.25) is 4.79 Å². The van der Waals surface area contributed by atoms with Gasteiger partial charge in [0.05, 0.1) is 22.5 Å². The molecular weight excluding hydrogens is 330 g/mol. The van der Waals surface area contributed by atoms with Crippen LogP contribution in [0.15, 0.2) is 59.2 Å². The van der Waals surface area contributed by atoms with Gasteiger partial charge in [0.1, 0.15) is 0 Å². The Morgan fingerprint density at radius 1 is 1.15 bits per heavy atom. The van der Waals surface area contributed by atoms with Crippen molar-refractivity contribution in [1.29, 1.82) is 0 Å². The quantitative estimate of drug-likeness (QED) is 0.860. The van der Waals surface area contributed by atoms with E-state index in [0.717, 1.165) is 11.3 Å². The standard InChI is InChI=1S/C20H19N3O3/c1-13-18(11-14-7-9-16(10-8-14)22(2)3)19(24)23(21-13)17-6-4-5-15(12-17)20(25)26/h4-12H,1-3H3,(H,25,26)/b18-11-. The molecule has 0 saturated heterocycles. The van der Waals surface area contributed by atoms with Crippen molar-refractivity contribution >= 4 is 35.0 Å². The van der Waals surface area contributed by atoms with E-state index in [-0.39, 0.29) is 11.5 Å². The van der Waals surface area contributed by atoms with E-state index >= 15 is 0 Å². The van der Waals surface area contributed by atoms with Gasteiger partial charge in [-0.1, -0.05) is 18.2 Å². The van der Waals surface area contributed by atoms with Crippen molar-refractivity contribution in [1.82, 2.24) is 0 Å². The summed E-state index contributed by atoms with van der Waals surface area (Å²) in [7, 11) is 3.93. The number of aromatic carboxylic acids is 1. The van der Waals surface area contributed by atoms with Crippen LogP contribution in [0.4, 0.5) is 11.4 Å². The fourth-order valence-electron chi connectivity index (χ4n) is 2.67. The number of nitrogens with zero attached hydrogens (tertiary/aromatic N) is 3. The third kappa shape index (κ3) is 3.35. The molecule has 1 amide bonds. The minimum atomic E-state index is -1.05. The molecule has 6 nitrogen and oxygen atoms in total. The molecule has 3 rings (SSSR count). The van der Waals surface area contributed by atoms with Crippen molar-refractivity contribution in [2.75, 3.05) is 24.0 Å². The van der Waals surface area contributed by atoms with Crippen molar-refractivity contribution in [3.05, 3.63) is 65.2 Å². The zero-order valence-electron chi connectivity index (χ0n) is 14.8. The molecule has 1 aliphatic rings. The summed E-state index contributed by atoms with van der Waals surface area (Å²) in [6.45, 7) is 1.76. The number of anilines is 2. The molecule has 1 heterocycles. The summed E-state index contributed by atoms with van der Waals surface area (Å²) < 4.78 is 0. The first-order valence-corrected chi connectivity index (χ1v) is 8.09. The Balaban J connectivity index is 1.90.